The highest BCUT2D eigenvalue weighted by Crippen LogP contribution is 2.27. The van der Waals surface area contributed by atoms with Crippen LogP contribution >= 0.6 is 0 Å². The summed E-state index contributed by atoms with van der Waals surface area (Å²) < 4.78 is 0. The van der Waals surface area contributed by atoms with Gasteiger partial charge in [-0.2, -0.15) is 0 Å². The SMILES string of the molecule is CC1CCCN(c2nccc(C(=O)O)c2N)CC1. The van der Waals surface area contributed by atoms with Crippen LogP contribution in [0.1, 0.15) is 36.5 Å². The number of nitrogens with zero attached hydrogens (tertiary/aromatic N) is 2. The summed E-state index contributed by atoms with van der Waals surface area (Å²) in [5.74, 6) is 0.322. The summed E-state index contributed by atoms with van der Waals surface area (Å²) in [6.07, 6.45) is 4.91. The molecule has 0 saturated carbocycles. The molecule has 0 spiro atoms. The Morgan fingerprint density at radius 1 is 1.50 bits per heavy atom. The first-order valence-electron chi connectivity index (χ1n) is 6.32. The number of nitrogens with two attached hydrogens (primary N) is 1. The molecule has 2 heterocycles. The van der Waals surface area contributed by atoms with Gasteiger partial charge in [0.05, 0.1) is 11.3 Å². The van der Waals surface area contributed by atoms with Crippen LogP contribution < -0.4 is 10.6 Å². The Bertz CT molecular complexity index is 448. The number of anilines is 2. The standard InChI is InChI=1S/C13H19N3O2/c1-9-3-2-7-16(8-5-9)12-11(14)10(13(17)18)4-6-15-12/h4,6,9H,2-3,5,7-8,14H2,1H3,(H,17,18). The molecule has 0 amide bonds. The van der Waals surface area contributed by atoms with Crippen LogP contribution in [0.15, 0.2) is 12.3 Å². The minimum absolute atomic E-state index is 0.136. The normalized spacial score (nSPS) is 20.5. The minimum atomic E-state index is -1.00. The number of carboxylic acids is 1. The molecular weight excluding hydrogens is 230 g/mol. The molecule has 1 aliphatic heterocycles. The van der Waals surface area contributed by atoms with E-state index in [4.69, 9.17) is 10.8 Å². The maximum atomic E-state index is 11.1. The number of rotatable bonds is 2. The van der Waals surface area contributed by atoms with Crippen LogP contribution in [0.3, 0.4) is 0 Å². The van der Waals surface area contributed by atoms with E-state index >= 15 is 0 Å². The van der Waals surface area contributed by atoms with E-state index in [1.165, 1.54) is 18.7 Å². The van der Waals surface area contributed by atoms with E-state index in [9.17, 15) is 4.79 Å². The fraction of sp³-hybridized carbons (Fsp3) is 0.538. The van der Waals surface area contributed by atoms with Gasteiger partial charge in [0.1, 0.15) is 0 Å². The highest BCUT2D eigenvalue weighted by atomic mass is 16.4. The van der Waals surface area contributed by atoms with Gasteiger partial charge in [-0.1, -0.05) is 6.92 Å². The van der Waals surface area contributed by atoms with Crippen molar-refractivity contribution in [1.29, 1.82) is 0 Å². The first kappa shape index (κ1) is 12.7. The quantitative estimate of drug-likeness (QED) is 0.838. The molecule has 1 saturated heterocycles. The molecule has 0 radical (unpaired) electrons. The van der Waals surface area contributed by atoms with Crippen LogP contribution in [0.5, 0.6) is 0 Å². The van der Waals surface area contributed by atoms with Crippen molar-refractivity contribution in [3.05, 3.63) is 17.8 Å². The molecule has 1 atom stereocenters. The van der Waals surface area contributed by atoms with Gasteiger partial charge >= 0.3 is 5.97 Å². The molecule has 2 rings (SSSR count). The van der Waals surface area contributed by atoms with Gasteiger partial charge in [0.2, 0.25) is 0 Å². The Labute approximate surface area is 107 Å². The Hall–Kier alpha value is -1.78. The van der Waals surface area contributed by atoms with Crippen LogP contribution in [0.2, 0.25) is 0 Å². The second kappa shape index (κ2) is 5.25. The van der Waals surface area contributed by atoms with Crippen molar-refractivity contribution < 1.29 is 9.90 Å². The van der Waals surface area contributed by atoms with E-state index in [1.807, 2.05) is 0 Å². The molecule has 3 N–H and O–H groups in total. The fourth-order valence-electron chi connectivity index (χ4n) is 2.38. The summed E-state index contributed by atoms with van der Waals surface area (Å²) in [4.78, 5) is 17.4. The first-order chi connectivity index (χ1) is 8.59. The summed E-state index contributed by atoms with van der Waals surface area (Å²) >= 11 is 0. The zero-order valence-electron chi connectivity index (χ0n) is 10.6. The highest BCUT2D eigenvalue weighted by Gasteiger charge is 2.20. The second-order valence-corrected chi connectivity index (χ2v) is 4.92. The lowest BCUT2D eigenvalue weighted by molar-refractivity contribution is 0.0698. The average molecular weight is 249 g/mol. The van der Waals surface area contributed by atoms with Crippen molar-refractivity contribution in [2.45, 2.75) is 26.2 Å². The van der Waals surface area contributed by atoms with Gasteiger partial charge < -0.3 is 15.7 Å². The lowest BCUT2D eigenvalue weighted by Gasteiger charge is -2.23. The largest absolute Gasteiger partial charge is 0.478 e. The van der Waals surface area contributed by atoms with Crippen molar-refractivity contribution in [2.24, 2.45) is 5.92 Å². The van der Waals surface area contributed by atoms with E-state index in [2.05, 4.69) is 16.8 Å². The van der Waals surface area contributed by atoms with Crippen molar-refractivity contribution in [3.63, 3.8) is 0 Å². The second-order valence-electron chi connectivity index (χ2n) is 4.92. The number of carbonyl (C=O) groups is 1. The van der Waals surface area contributed by atoms with Crippen molar-refractivity contribution in [2.75, 3.05) is 23.7 Å². The molecule has 98 valence electrons. The van der Waals surface area contributed by atoms with Crippen LogP contribution in [0.4, 0.5) is 11.5 Å². The third-order valence-electron chi connectivity index (χ3n) is 3.52. The van der Waals surface area contributed by atoms with Gasteiger partial charge in [-0.15, -0.1) is 0 Å². The molecule has 5 nitrogen and oxygen atoms in total. The molecule has 5 heteroatoms. The number of aromatic carboxylic acids is 1. The molecule has 0 bridgehead atoms. The maximum Gasteiger partial charge on any atom is 0.337 e. The summed E-state index contributed by atoms with van der Waals surface area (Å²) in [6, 6.07) is 1.45. The van der Waals surface area contributed by atoms with Gasteiger partial charge in [0.15, 0.2) is 5.82 Å². The van der Waals surface area contributed by atoms with E-state index < -0.39 is 5.97 Å². The number of carboxylic acid groups (broad SMARTS) is 1. The Morgan fingerprint density at radius 3 is 3.00 bits per heavy atom. The van der Waals surface area contributed by atoms with Gasteiger partial charge in [-0.25, -0.2) is 9.78 Å². The fourth-order valence-corrected chi connectivity index (χ4v) is 2.38. The summed E-state index contributed by atoms with van der Waals surface area (Å²) in [7, 11) is 0. The predicted octanol–water partition coefficient (Wildman–Crippen LogP) is 1.99. The number of aromatic nitrogens is 1. The topological polar surface area (TPSA) is 79.5 Å². The maximum absolute atomic E-state index is 11.1. The van der Waals surface area contributed by atoms with E-state index in [-0.39, 0.29) is 11.3 Å². The van der Waals surface area contributed by atoms with Gasteiger partial charge in [0, 0.05) is 19.3 Å². The Kier molecular flexibility index (Phi) is 3.69. The molecule has 1 unspecified atom stereocenters. The van der Waals surface area contributed by atoms with Crippen molar-refractivity contribution in [3.8, 4) is 0 Å². The van der Waals surface area contributed by atoms with E-state index in [0.717, 1.165) is 25.9 Å². The molecule has 1 aliphatic rings. The first-order valence-corrected chi connectivity index (χ1v) is 6.32. The zero-order chi connectivity index (χ0) is 13.1. The lowest BCUT2D eigenvalue weighted by Crippen LogP contribution is -2.26. The van der Waals surface area contributed by atoms with E-state index in [0.29, 0.717) is 11.7 Å². The van der Waals surface area contributed by atoms with Crippen molar-refractivity contribution in [1.82, 2.24) is 4.98 Å². The minimum Gasteiger partial charge on any atom is -0.478 e. The molecular formula is C13H19N3O2. The van der Waals surface area contributed by atoms with Crippen LogP contribution in [-0.2, 0) is 0 Å². The number of pyridine rings is 1. The lowest BCUT2D eigenvalue weighted by atomic mass is 10.0. The summed E-state index contributed by atoms with van der Waals surface area (Å²) in [5.41, 5.74) is 6.33. The van der Waals surface area contributed by atoms with Crippen LogP contribution in [0.25, 0.3) is 0 Å². The molecule has 1 aromatic rings. The highest BCUT2D eigenvalue weighted by molar-refractivity contribution is 5.96. The van der Waals surface area contributed by atoms with E-state index in [1.54, 1.807) is 0 Å². The number of hydrogen-bond acceptors (Lipinski definition) is 4. The molecule has 18 heavy (non-hydrogen) atoms. The number of hydrogen-bond donors (Lipinski definition) is 2. The third kappa shape index (κ3) is 2.55. The molecule has 1 fully saturated rings. The zero-order valence-corrected chi connectivity index (χ0v) is 10.6. The Balaban J connectivity index is 2.27. The van der Waals surface area contributed by atoms with Crippen LogP contribution in [0, 0.1) is 5.92 Å². The van der Waals surface area contributed by atoms with Gasteiger partial charge in [-0.3, -0.25) is 0 Å². The predicted molar refractivity (Wildman–Crippen MR) is 70.8 cm³/mol. The monoisotopic (exact) mass is 249 g/mol. The van der Waals surface area contributed by atoms with Crippen molar-refractivity contribution >= 4 is 17.5 Å². The summed E-state index contributed by atoms with van der Waals surface area (Å²) in [5, 5.41) is 9.06. The smallest absolute Gasteiger partial charge is 0.337 e. The average Bonchev–Trinajstić information content (AvgIpc) is 2.54. The molecule has 0 aromatic carbocycles. The van der Waals surface area contributed by atoms with Crippen LogP contribution in [-0.4, -0.2) is 29.1 Å². The van der Waals surface area contributed by atoms with Gasteiger partial charge in [0.25, 0.3) is 0 Å². The third-order valence-corrected chi connectivity index (χ3v) is 3.52. The molecule has 1 aromatic heterocycles. The van der Waals surface area contributed by atoms with Gasteiger partial charge in [-0.05, 0) is 31.2 Å². The summed E-state index contributed by atoms with van der Waals surface area (Å²) in [6.45, 7) is 4.03. The number of nitrogen functional groups attached to an aromatic ring is 1. The molecule has 0 aliphatic carbocycles. The Morgan fingerprint density at radius 2 is 2.28 bits per heavy atom.